The number of hydrogen-bond acceptors (Lipinski definition) is 4. The monoisotopic (exact) mass is 370 g/mol. The summed E-state index contributed by atoms with van der Waals surface area (Å²) in [7, 11) is 3.78. The molecule has 0 aliphatic heterocycles. The van der Waals surface area contributed by atoms with Gasteiger partial charge < -0.3 is 9.47 Å². The van der Waals surface area contributed by atoms with Crippen molar-refractivity contribution in [3.05, 3.63) is 52.9 Å². The summed E-state index contributed by atoms with van der Waals surface area (Å²) in [6.45, 7) is 2.91. The number of methoxy groups -OCH3 is 1. The fraction of sp³-hybridized carbons (Fsp3) is 0.500. The van der Waals surface area contributed by atoms with Crippen LogP contribution in [0.25, 0.3) is 5.69 Å². The molecule has 0 unspecified atom stereocenters. The standard InChI is InChI=1S/C22H30N2O3/c1-4-17(23(2)18-7-5-6-8-18)16-27-20-11-9-19(10-12-20)24-14-13-21(26-3)15-22(24)25/h9-15,17-18H,4-8,16H2,1-3H3/t17-/m1/s1. The molecular weight excluding hydrogens is 340 g/mol. The van der Waals surface area contributed by atoms with Crippen molar-refractivity contribution in [2.45, 2.75) is 51.1 Å². The first-order valence-corrected chi connectivity index (χ1v) is 9.84. The lowest BCUT2D eigenvalue weighted by atomic mass is 10.1. The lowest BCUT2D eigenvalue weighted by Crippen LogP contribution is -2.42. The molecule has 1 aromatic heterocycles. The van der Waals surface area contributed by atoms with Crippen LogP contribution < -0.4 is 15.0 Å². The summed E-state index contributed by atoms with van der Waals surface area (Å²) in [5.41, 5.74) is 0.692. The van der Waals surface area contributed by atoms with Crippen LogP contribution in [0.15, 0.2) is 47.4 Å². The van der Waals surface area contributed by atoms with E-state index in [1.54, 1.807) is 23.9 Å². The van der Waals surface area contributed by atoms with Gasteiger partial charge in [-0.25, -0.2) is 0 Å². The molecule has 5 heteroatoms. The lowest BCUT2D eigenvalue weighted by Gasteiger charge is -2.32. The Morgan fingerprint density at radius 1 is 1.15 bits per heavy atom. The number of likely N-dealkylation sites (N-methyl/N-ethyl adjacent to an activating group) is 1. The molecule has 1 atom stereocenters. The predicted molar refractivity (Wildman–Crippen MR) is 108 cm³/mol. The van der Waals surface area contributed by atoms with Crippen LogP contribution in [-0.4, -0.2) is 42.3 Å². The summed E-state index contributed by atoms with van der Waals surface area (Å²) in [6, 6.07) is 12.0. The minimum absolute atomic E-state index is 0.118. The molecule has 0 amide bonds. The Kier molecular flexibility index (Phi) is 6.56. The van der Waals surface area contributed by atoms with Gasteiger partial charge in [0.25, 0.3) is 5.56 Å². The normalized spacial score (nSPS) is 15.9. The molecule has 1 fully saturated rings. The van der Waals surface area contributed by atoms with Gasteiger partial charge in [-0.15, -0.1) is 0 Å². The van der Waals surface area contributed by atoms with E-state index in [0.29, 0.717) is 24.4 Å². The largest absolute Gasteiger partial charge is 0.497 e. The van der Waals surface area contributed by atoms with E-state index in [-0.39, 0.29) is 5.56 Å². The maximum absolute atomic E-state index is 12.2. The summed E-state index contributed by atoms with van der Waals surface area (Å²) < 4.78 is 12.7. The fourth-order valence-corrected chi connectivity index (χ4v) is 3.83. The van der Waals surface area contributed by atoms with Gasteiger partial charge in [-0.1, -0.05) is 19.8 Å². The topological polar surface area (TPSA) is 43.7 Å². The average Bonchev–Trinajstić information content (AvgIpc) is 3.23. The highest BCUT2D eigenvalue weighted by Crippen LogP contribution is 2.25. The van der Waals surface area contributed by atoms with E-state index < -0.39 is 0 Å². The van der Waals surface area contributed by atoms with E-state index in [9.17, 15) is 4.79 Å². The number of pyridine rings is 1. The molecule has 0 bridgehead atoms. The minimum Gasteiger partial charge on any atom is -0.497 e. The maximum atomic E-state index is 12.2. The van der Waals surface area contributed by atoms with Crippen molar-refractivity contribution in [3.63, 3.8) is 0 Å². The van der Waals surface area contributed by atoms with Crippen LogP contribution in [0.3, 0.4) is 0 Å². The van der Waals surface area contributed by atoms with Crippen molar-refractivity contribution >= 4 is 0 Å². The Labute approximate surface area is 161 Å². The number of hydrogen-bond donors (Lipinski definition) is 0. The molecule has 1 saturated carbocycles. The van der Waals surface area contributed by atoms with Crippen molar-refractivity contribution < 1.29 is 9.47 Å². The third kappa shape index (κ3) is 4.72. The summed E-state index contributed by atoms with van der Waals surface area (Å²) in [5, 5.41) is 0. The van der Waals surface area contributed by atoms with Crippen LogP contribution in [0.1, 0.15) is 39.0 Å². The average molecular weight is 370 g/mol. The van der Waals surface area contributed by atoms with Crippen molar-refractivity contribution in [1.29, 1.82) is 0 Å². The van der Waals surface area contributed by atoms with Crippen LogP contribution in [0.4, 0.5) is 0 Å². The van der Waals surface area contributed by atoms with Crippen LogP contribution in [0, 0.1) is 0 Å². The Bertz CT molecular complexity index is 779. The maximum Gasteiger partial charge on any atom is 0.258 e. The van der Waals surface area contributed by atoms with Gasteiger partial charge in [-0.05, 0) is 56.6 Å². The SMILES string of the molecule is CC[C@H](COc1ccc(-n2ccc(OC)cc2=O)cc1)N(C)C1CCCC1. The fourth-order valence-electron chi connectivity index (χ4n) is 3.83. The van der Waals surface area contributed by atoms with Crippen molar-refractivity contribution in [1.82, 2.24) is 9.47 Å². The second kappa shape index (κ2) is 9.09. The summed E-state index contributed by atoms with van der Waals surface area (Å²) in [5.74, 6) is 1.40. The summed E-state index contributed by atoms with van der Waals surface area (Å²) in [6.07, 6.45) is 8.10. The van der Waals surface area contributed by atoms with E-state index in [2.05, 4.69) is 18.9 Å². The summed E-state index contributed by atoms with van der Waals surface area (Å²) in [4.78, 5) is 14.7. The van der Waals surface area contributed by atoms with E-state index in [1.807, 2.05) is 24.3 Å². The molecule has 1 heterocycles. The Morgan fingerprint density at radius 3 is 2.44 bits per heavy atom. The molecule has 146 valence electrons. The van der Waals surface area contributed by atoms with Gasteiger partial charge in [0.2, 0.25) is 0 Å². The molecule has 1 aromatic carbocycles. The van der Waals surface area contributed by atoms with E-state index >= 15 is 0 Å². The van der Waals surface area contributed by atoms with Gasteiger partial charge in [0, 0.05) is 30.0 Å². The number of ether oxygens (including phenoxy) is 2. The Balaban J connectivity index is 1.62. The second-order valence-corrected chi connectivity index (χ2v) is 7.25. The molecule has 2 aromatic rings. The van der Waals surface area contributed by atoms with Crippen molar-refractivity contribution in [3.8, 4) is 17.2 Å². The van der Waals surface area contributed by atoms with Crippen LogP contribution in [0.2, 0.25) is 0 Å². The third-order valence-corrected chi connectivity index (χ3v) is 5.63. The molecule has 1 aliphatic rings. The zero-order valence-corrected chi connectivity index (χ0v) is 16.6. The molecule has 1 aliphatic carbocycles. The molecule has 0 saturated heterocycles. The number of benzene rings is 1. The van der Waals surface area contributed by atoms with Crippen LogP contribution >= 0.6 is 0 Å². The Hall–Kier alpha value is -2.27. The van der Waals surface area contributed by atoms with Gasteiger partial charge in [-0.2, -0.15) is 0 Å². The van der Waals surface area contributed by atoms with Crippen molar-refractivity contribution in [2.24, 2.45) is 0 Å². The quantitative estimate of drug-likeness (QED) is 0.707. The third-order valence-electron chi connectivity index (χ3n) is 5.63. The molecule has 5 nitrogen and oxygen atoms in total. The molecule has 0 spiro atoms. The van der Waals surface area contributed by atoms with Crippen molar-refractivity contribution in [2.75, 3.05) is 20.8 Å². The van der Waals surface area contributed by atoms with Gasteiger partial charge in [-0.3, -0.25) is 14.3 Å². The molecule has 3 rings (SSSR count). The molecule has 0 N–H and O–H groups in total. The number of nitrogens with zero attached hydrogens (tertiary/aromatic N) is 2. The molecule has 27 heavy (non-hydrogen) atoms. The smallest absolute Gasteiger partial charge is 0.258 e. The van der Waals surface area contributed by atoms with Gasteiger partial charge in [0.1, 0.15) is 18.1 Å². The first-order chi connectivity index (χ1) is 13.1. The van der Waals surface area contributed by atoms with Gasteiger partial charge in [0.05, 0.1) is 7.11 Å². The second-order valence-electron chi connectivity index (χ2n) is 7.25. The number of aromatic nitrogens is 1. The summed E-state index contributed by atoms with van der Waals surface area (Å²) >= 11 is 0. The zero-order chi connectivity index (χ0) is 19.2. The lowest BCUT2D eigenvalue weighted by molar-refractivity contribution is 0.118. The minimum atomic E-state index is -0.118. The van der Waals surface area contributed by atoms with Gasteiger partial charge >= 0.3 is 0 Å². The highest BCUT2D eigenvalue weighted by atomic mass is 16.5. The van der Waals surface area contributed by atoms with E-state index in [0.717, 1.165) is 17.9 Å². The van der Waals surface area contributed by atoms with E-state index in [4.69, 9.17) is 9.47 Å². The molecular formula is C22H30N2O3. The zero-order valence-electron chi connectivity index (χ0n) is 16.6. The number of rotatable bonds is 8. The first-order valence-electron chi connectivity index (χ1n) is 9.84. The predicted octanol–water partition coefficient (Wildman–Crippen LogP) is 3.88. The molecule has 0 radical (unpaired) electrons. The highest BCUT2D eigenvalue weighted by molar-refractivity contribution is 5.38. The van der Waals surface area contributed by atoms with E-state index in [1.165, 1.54) is 31.7 Å². The van der Waals surface area contributed by atoms with Gasteiger partial charge in [0.15, 0.2) is 0 Å². The Morgan fingerprint density at radius 2 is 1.85 bits per heavy atom. The highest BCUT2D eigenvalue weighted by Gasteiger charge is 2.25. The first kappa shape index (κ1) is 19.5. The van der Waals surface area contributed by atoms with Crippen LogP contribution in [-0.2, 0) is 0 Å². The van der Waals surface area contributed by atoms with Crippen LogP contribution in [0.5, 0.6) is 11.5 Å².